The summed E-state index contributed by atoms with van der Waals surface area (Å²) in [5, 5.41) is 0. The minimum absolute atomic E-state index is 0.0297. The Labute approximate surface area is 148 Å². The van der Waals surface area contributed by atoms with Crippen molar-refractivity contribution in [3.63, 3.8) is 0 Å². The van der Waals surface area contributed by atoms with E-state index in [4.69, 9.17) is 0 Å². The van der Waals surface area contributed by atoms with Gasteiger partial charge in [0.1, 0.15) is 0 Å². The summed E-state index contributed by atoms with van der Waals surface area (Å²) in [4.78, 5) is 13.1. The lowest BCUT2D eigenvalue weighted by Gasteiger charge is -2.37. The number of piperazine rings is 1. The Balaban J connectivity index is 1.60. The first-order chi connectivity index (χ1) is 11.2. The molecule has 1 aliphatic heterocycles. The van der Waals surface area contributed by atoms with Crippen molar-refractivity contribution in [1.29, 1.82) is 0 Å². The van der Waals surface area contributed by atoms with E-state index in [0.717, 1.165) is 37.4 Å². The fourth-order valence-electron chi connectivity index (χ4n) is 2.56. The second-order valence-electron chi connectivity index (χ2n) is 5.42. The van der Waals surface area contributed by atoms with Crippen molar-refractivity contribution in [2.75, 3.05) is 31.1 Å². The number of benzene rings is 1. The normalized spacial score (nSPS) is 16.4. The number of aromatic nitrogens is 1. The lowest BCUT2D eigenvalue weighted by atomic mass is 10.2. The molecule has 2 heterocycles. The van der Waals surface area contributed by atoms with Gasteiger partial charge in [-0.05, 0) is 42.0 Å². The minimum atomic E-state index is 0.0297. The van der Waals surface area contributed by atoms with Gasteiger partial charge in [-0.2, -0.15) is 0 Å². The fraction of sp³-hybridized carbons (Fsp3) is 0.294. The van der Waals surface area contributed by atoms with Gasteiger partial charge in [0.05, 0.1) is 10.4 Å². The molecule has 0 atom stereocenters. The Morgan fingerprint density at radius 1 is 0.957 bits per heavy atom. The molecule has 0 unspecified atom stereocenters. The molecule has 2 aromatic rings. The molecular weight excluding hydrogens is 324 g/mol. The summed E-state index contributed by atoms with van der Waals surface area (Å²) in [6.07, 6.45) is 5.39. The number of pyridine rings is 1. The average molecular weight is 345 g/mol. The third kappa shape index (κ3) is 4.50. The fourth-order valence-corrected chi connectivity index (χ4v) is 3.02. The monoisotopic (exact) mass is 344 g/mol. The van der Waals surface area contributed by atoms with Crippen molar-refractivity contribution >= 4 is 42.8 Å². The van der Waals surface area contributed by atoms with E-state index in [-0.39, 0.29) is 4.71 Å². The zero-order chi connectivity index (χ0) is 16.1. The summed E-state index contributed by atoms with van der Waals surface area (Å²) in [5.41, 5.74) is 3.24. The first-order valence-electron chi connectivity index (χ1n) is 7.62. The Morgan fingerprint density at radius 2 is 1.61 bits per heavy atom. The molecule has 0 amide bonds. The SMILES string of the molecule is SC(S)N1CCN(c2ccc(N=Cc3ccncc3)cc2)CC1. The van der Waals surface area contributed by atoms with Crippen molar-refractivity contribution < 1.29 is 0 Å². The lowest BCUT2D eigenvalue weighted by molar-refractivity contribution is 0.287. The molecule has 1 aromatic heterocycles. The van der Waals surface area contributed by atoms with Crippen LogP contribution in [0.15, 0.2) is 53.8 Å². The van der Waals surface area contributed by atoms with Crippen LogP contribution in [0.3, 0.4) is 0 Å². The van der Waals surface area contributed by atoms with Gasteiger partial charge in [0.25, 0.3) is 0 Å². The Hall–Kier alpha value is -1.50. The Kier molecular flexibility index (Phi) is 5.59. The van der Waals surface area contributed by atoms with Gasteiger partial charge in [0.2, 0.25) is 0 Å². The summed E-state index contributed by atoms with van der Waals surface area (Å²) in [7, 11) is 0. The van der Waals surface area contributed by atoms with E-state index in [1.54, 1.807) is 12.4 Å². The highest BCUT2D eigenvalue weighted by molar-refractivity contribution is 7.99. The van der Waals surface area contributed by atoms with Crippen LogP contribution < -0.4 is 4.90 Å². The van der Waals surface area contributed by atoms with Crippen molar-refractivity contribution in [1.82, 2.24) is 9.88 Å². The zero-order valence-electron chi connectivity index (χ0n) is 12.8. The molecule has 23 heavy (non-hydrogen) atoms. The van der Waals surface area contributed by atoms with Crippen molar-refractivity contribution in [2.24, 2.45) is 4.99 Å². The summed E-state index contributed by atoms with van der Waals surface area (Å²) in [6.45, 7) is 3.97. The highest BCUT2D eigenvalue weighted by atomic mass is 32.2. The van der Waals surface area contributed by atoms with Crippen molar-refractivity contribution in [3.05, 3.63) is 54.4 Å². The largest absolute Gasteiger partial charge is 0.369 e. The van der Waals surface area contributed by atoms with Crippen LogP contribution in [-0.4, -0.2) is 47.0 Å². The minimum Gasteiger partial charge on any atom is -0.369 e. The highest BCUT2D eigenvalue weighted by Gasteiger charge is 2.19. The average Bonchev–Trinajstić information content (AvgIpc) is 2.61. The van der Waals surface area contributed by atoms with Crippen LogP contribution in [0.1, 0.15) is 5.56 Å². The van der Waals surface area contributed by atoms with E-state index >= 15 is 0 Å². The molecule has 120 valence electrons. The quantitative estimate of drug-likeness (QED) is 0.508. The van der Waals surface area contributed by atoms with Crippen LogP contribution >= 0.6 is 25.3 Å². The smallest absolute Gasteiger partial charge is 0.0970 e. The van der Waals surface area contributed by atoms with Gasteiger partial charge in [-0.3, -0.25) is 14.9 Å². The van der Waals surface area contributed by atoms with Crippen LogP contribution in [0, 0.1) is 0 Å². The Bertz CT molecular complexity index is 635. The summed E-state index contributed by atoms with van der Waals surface area (Å²) >= 11 is 8.75. The van der Waals surface area contributed by atoms with Crippen molar-refractivity contribution in [2.45, 2.75) is 4.71 Å². The van der Waals surface area contributed by atoms with E-state index in [2.05, 4.69) is 69.3 Å². The van der Waals surface area contributed by atoms with E-state index in [0.29, 0.717) is 0 Å². The van der Waals surface area contributed by atoms with E-state index < -0.39 is 0 Å². The molecular formula is C17H20N4S2. The number of thiol groups is 2. The first-order valence-corrected chi connectivity index (χ1v) is 8.65. The third-order valence-electron chi connectivity index (χ3n) is 3.92. The molecule has 4 nitrogen and oxygen atoms in total. The van der Waals surface area contributed by atoms with Crippen LogP contribution in [0.5, 0.6) is 0 Å². The van der Waals surface area contributed by atoms with E-state index in [1.165, 1.54) is 5.69 Å². The van der Waals surface area contributed by atoms with Gasteiger partial charge in [-0.1, -0.05) is 0 Å². The standard InChI is InChI=1S/C17H20N4S2/c22-17(23)21-11-9-20(10-12-21)16-3-1-15(2-4-16)19-13-14-5-7-18-8-6-14/h1-8,13,17,22-23H,9-12H2. The topological polar surface area (TPSA) is 31.7 Å². The molecule has 0 radical (unpaired) electrons. The molecule has 1 aliphatic rings. The number of nitrogens with zero attached hydrogens (tertiary/aromatic N) is 4. The zero-order valence-corrected chi connectivity index (χ0v) is 14.6. The maximum Gasteiger partial charge on any atom is 0.0970 e. The number of aliphatic imine (C=N–C) groups is 1. The van der Waals surface area contributed by atoms with Crippen LogP contribution in [0.4, 0.5) is 11.4 Å². The van der Waals surface area contributed by atoms with Gasteiger partial charge >= 0.3 is 0 Å². The third-order valence-corrected chi connectivity index (χ3v) is 4.58. The molecule has 1 aromatic carbocycles. The maximum atomic E-state index is 4.50. The maximum absolute atomic E-state index is 4.50. The van der Waals surface area contributed by atoms with Gasteiger partial charge < -0.3 is 4.90 Å². The predicted octanol–water partition coefficient (Wildman–Crippen LogP) is 3.10. The van der Waals surface area contributed by atoms with E-state index in [1.807, 2.05) is 18.3 Å². The van der Waals surface area contributed by atoms with Crippen molar-refractivity contribution in [3.8, 4) is 0 Å². The van der Waals surface area contributed by atoms with Gasteiger partial charge in [0.15, 0.2) is 0 Å². The molecule has 0 spiro atoms. The summed E-state index contributed by atoms with van der Waals surface area (Å²) < 4.78 is 0.0297. The molecule has 0 bridgehead atoms. The van der Waals surface area contributed by atoms with Gasteiger partial charge in [-0.15, -0.1) is 25.3 Å². The van der Waals surface area contributed by atoms with Crippen LogP contribution in [-0.2, 0) is 0 Å². The molecule has 0 aliphatic carbocycles. The molecule has 1 saturated heterocycles. The number of rotatable bonds is 4. The molecule has 6 heteroatoms. The molecule has 0 saturated carbocycles. The second-order valence-corrected chi connectivity index (χ2v) is 6.81. The second kappa shape index (κ2) is 7.86. The summed E-state index contributed by atoms with van der Waals surface area (Å²) in [5.74, 6) is 0. The first kappa shape index (κ1) is 16.4. The molecule has 0 N–H and O–H groups in total. The number of hydrogen-bond donors (Lipinski definition) is 2. The van der Waals surface area contributed by atoms with Crippen LogP contribution in [0.2, 0.25) is 0 Å². The van der Waals surface area contributed by atoms with Gasteiger partial charge in [0, 0.05) is 50.5 Å². The predicted molar refractivity (Wildman–Crippen MR) is 103 cm³/mol. The van der Waals surface area contributed by atoms with E-state index in [9.17, 15) is 0 Å². The highest BCUT2D eigenvalue weighted by Crippen LogP contribution is 2.22. The lowest BCUT2D eigenvalue weighted by Crippen LogP contribution is -2.47. The van der Waals surface area contributed by atoms with Crippen LogP contribution in [0.25, 0.3) is 0 Å². The Morgan fingerprint density at radius 3 is 2.22 bits per heavy atom. The number of hydrogen-bond acceptors (Lipinski definition) is 6. The number of anilines is 1. The molecule has 1 fully saturated rings. The molecule has 3 rings (SSSR count). The summed E-state index contributed by atoms with van der Waals surface area (Å²) in [6, 6.07) is 12.3. The van der Waals surface area contributed by atoms with Gasteiger partial charge in [-0.25, -0.2) is 0 Å².